The summed E-state index contributed by atoms with van der Waals surface area (Å²) >= 11 is 0. The number of ether oxygens (including phenoxy) is 1. The highest BCUT2D eigenvalue weighted by Crippen LogP contribution is 2.30. The number of aliphatic carboxylic acids is 1. The van der Waals surface area contributed by atoms with Gasteiger partial charge in [0.25, 0.3) is 0 Å². The number of carbonyl (C=O) groups is 1. The molecule has 4 heteroatoms. The van der Waals surface area contributed by atoms with Crippen molar-refractivity contribution in [3.63, 3.8) is 0 Å². The maximum absolute atomic E-state index is 11.0. The van der Waals surface area contributed by atoms with Gasteiger partial charge in [-0.3, -0.25) is 4.79 Å². The van der Waals surface area contributed by atoms with Crippen LogP contribution in [0.1, 0.15) is 26.2 Å². The molecule has 82 valence electrons. The second kappa shape index (κ2) is 4.75. The number of hydrogen-bond acceptors (Lipinski definition) is 3. The molecule has 1 unspecified atom stereocenters. The fourth-order valence-corrected chi connectivity index (χ4v) is 1.31. The second-order valence-electron chi connectivity index (χ2n) is 4.10. The molecule has 1 atom stereocenters. The van der Waals surface area contributed by atoms with E-state index in [0.717, 1.165) is 0 Å². The van der Waals surface area contributed by atoms with Crippen molar-refractivity contribution in [2.45, 2.75) is 26.2 Å². The highest BCUT2D eigenvalue weighted by Gasteiger charge is 2.36. The Kier molecular flexibility index (Phi) is 3.89. The van der Waals surface area contributed by atoms with Gasteiger partial charge in [0, 0.05) is 13.2 Å². The van der Waals surface area contributed by atoms with E-state index in [1.807, 2.05) is 6.92 Å². The summed E-state index contributed by atoms with van der Waals surface area (Å²) in [4.78, 5) is 11.0. The molecular formula is C10H19NO3. The maximum atomic E-state index is 11.0. The Balaban J connectivity index is 2.35. The van der Waals surface area contributed by atoms with E-state index in [9.17, 15) is 4.79 Å². The molecule has 0 spiro atoms. The van der Waals surface area contributed by atoms with E-state index in [1.54, 1.807) is 0 Å². The van der Waals surface area contributed by atoms with E-state index < -0.39 is 11.4 Å². The van der Waals surface area contributed by atoms with Crippen LogP contribution in [0, 0.1) is 11.3 Å². The Morgan fingerprint density at radius 3 is 2.64 bits per heavy atom. The quantitative estimate of drug-likeness (QED) is 0.640. The van der Waals surface area contributed by atoms with Crippen molar-refractivity contribution >= 4 is 5.97 Å². The maximum Gasteiger partial charge on any atom is 0.313 e. The minimum atomic E-state index is -0.880. The molecule has 1 rings (SSSR count). The van der Waals surface area contributed by atoms with Gasteiger partial charge in [-0.2, -0.15) is 0 Å². The van der Waals surface area contributed by atoms with Crippen LogP contribution in [0.2, 0.25) is 0 Å². The van der Waals surface area contributed by atoms with Gasteiger partial charge in [0.1, 0.15) is 5.41 Å². The SMILES string of the molecule is CCC(CN)(COCC1CC1)C(=O)O. The van der Waals surface area contributed by atoms with Gasteiger partial charge in [-0.25, -0.2) is 0 Å². The first kappa shape index (κ1) is 11.5. The fourth-order valence-electron chi connectivity index (χ4n) is 1.31. The summed E-state index contributed by atoms with van der Waals surface area (Å²) in [5.74, 6) is -0.186. The van der Waals surface area contributed by atoms with Crippen LogP contribution in [0.4, 0.5) is 0 Å². The molecule has 0 aromatic heterocycles. The zero-order chi connectivity index (χ0) is 10.6. The van der Waals surface area contributed by atoms with Gasteiger partial charge in [0.05, 0.1) is 6.61 Å². The molecule has 0 heterocycles. The fraction of sp³-hybridized carbons (Fsp3) is 0.900. The predicted molar refractivity (Wildman–Crippen MR) is 53.0 cm³/mol. The van der Waals surface area contributed by atoms with Crippen molar-refractivity contribution in [3.05, 3.63) is 0 Å². The Hall–Kier alpha value is -0.610. The number of hydrogen-bond donors (Lipinski definition) is 2. The number of carboxylic acids is 1. The van der Waals surface area contributed by atoms with Crippen LogP contribution in [0.25, 0.3) is 0 Å². The summed E-state index contributed by atoms with van der Waals surface area (Å²) in [6.45, 7) is 2.91. The molecule has 0 saturated heterocycles. The topological polar surface area (TPSA) is 72.5 Å². The third-order valence-corrected chi connectivity index (χ3v) is 2.95. The standard InChI is InChI=1S/C10H19NO3/c1-2-10(6-11,9(12)13)7-14-5-8-3-4-8/h8H,2-7,11H2,1H3,(H,12,13). The minimum absolute atomic E-state index is 0.142. The smallest absolute Gasteiger partial charge is 0.313 e. The first-order chi connectivity index (χ1) is 6.64. The van der Waals surface area contributed by atoms with E-state index >= 15 is 0 Å². The molecule has 1 aliphatic rings. The molecule has 1 aliphatic carbocycles. The van der Waals surface area contributed by atoms with Crippen LogP contribution in [0.5, 0.6) is 0 Å². The molecule has 0 aliphatic heterocycles. The summed E-state index contributed by atoms with van der Waals surface area (Å²) in [5.41, 5.74) is 4.61. The highest BCUT2D eigenvalue weighted by atomic mass is 16.5. The van der Waals surface area contributed by atoms with Gasteiger partial charge < -0.3 is 15.6 Å². The summed E-state index contributed by atoms with van der Waals surface area (Å²) in [7, 11) is 0. The zero-order valence-corrected chi connectivity index (χ0v) is 8.66. The summed E-state index contributed by atoms with van der Waals surface area (Å²) in [6, 6.07) is 0. The van der Waals surface area contributed by atoms with Crippen molar-refractivity contribution in [2.75, 3.05) is 19.8 Å². The van der Waals surface area contributed by atoms with E-state index in [1.165, 1.54) is 12.8 Å². The predicted octanol–water partition coefficient (Wildman–Crippen LogP) is 0.853. The van der Waals surface area contributed by atoms with E-state index in [4.69, 9.17) is 15.6 Å². The average molecular weight is 201 g/mol. The van der Waals surface area contributed by atoms with Crippen molar-refractivity contribution in [1.82, 2.24) is 0 Å². The molecule has 1 saturated carbocycles. The van der Waals surface area contributed by atoms with Crippen molar-refractivity contribution in [2.24, 2.45) is 17.1 Å². The Labute approximate surface area is 84.4 Å². The molecule has 3 N–H and O–H groups in total. The Morgan fingerprint density at radius 2 is 2.29 bits per heavy atom. The first-order valence-electron chi connectivity index (χ1n) is 5.16. The van der Waals surface area contributed by atoms with Crippen molar-refractivity contribution < 1.29 is 14.6 Å². The van der Waals surface area contributed by atoms with Crippen LogP contribution in [0.3, 0.4) is 0 Å². The second-order valence-corrected chi connectivity index (χ2v) is 4.10. The lowest BCUT2D eigenvalue weighted by Gasteiger charge is -2.25. The van der Waals surface area contributed by atoms with E-state index in [-0.39, 0.29) is 13.2 Å². The zero-order valence-electron chi connectivity index (χ0n) is 8.66. The van der Waals surface area contributed by atoms with Gasteiger partial charge >= 0.3 is 5.97 Å². The van der Waals surface area contributed by atoms with E-state index in [2.05, 4.69) is 0 Å². The Morgan fingerprint density at radius 1 is 1.64 bits per heavy atom. The molecule has 0 amide bonds. The van der Waals surface area contributed by atoms with Gasteiger partial charge in [-0.05, 0) is 25.2 Å². The number of rotatable bonds is 7. The van der Waals surface area contributed by atoms with Crippen LogP contribution in [-0.4, -0.2) is 30.8 Å². The van der Waals surface area contributed by atoms with Crippen LogP contribution in [-0.2, 0) is 9.53 Å². The first-order valence-corrected chi connectivity index (χ1v) is 5.16. The molecule has 0 aromatic rings. The molecule has 14 heavy (non-hydrogen) atoms. The molecule has 0 radical (unpaired) electrons. The number of nitrogens with two attached hydrogens (primary N) is 1. The lowest BCUT2D eigenvalue weighted by molar-refractivity contribution is -0.152. The monoisotopic (exact) mass is 201 g/mol. The van der Waals surface area contributed by atoms with E-state index in [0.29, 0.717) is 18.9 Å². The van der Waals surface area contributed by atoms with Gasteiger partial charge in [-0.1, -0.05) is 6.92 Å². The molecule has 0 bridgehead atoms. The lowest BCUT2D eigenvalue weighted by Crippen LogP contribution is -2.42. The van der Waals surface area contributed by atoms with Crippen molar-refractivity contribution in [1.29, 1.82) is 0 Å². The van der Waals surface area contributed by atoms with Crippen LogP contribution in [0.15, 0.2) is 0 Å². The molecular weight excluding hydrogens is 182 g/mol. The van der Waals surface area contributed by atoms with Gasteiger partial charge in [0.2, 0.25) is 0 Å². The summed E-state index contributed by atoms with van der Waals surface area (Å²) in [6.07, 6.45) is 2.95. The molecule has 1 fully saturated rings. The molecule has 4 nitrogen and oxygen atoms in total. The third-order valence-electron chi connectivity index (χ3n) is 2.95. The highest BCUT2D eigenvalue weighted by molar-refractivity contribution is 5.75. The summed E-state index contributed by atoms with van der Waals surface area (Å²) in [5, 5.41) is 9.04. The van der Waals surface area contributed by atoms with Gasteiger partial charge in [-0.15, -0.1) is 0 Å². The average Bonchev–Trinajstić information content (AvgIpc) is 2.96. The molecule has 0 aromatic carbocycles. The largest absolute Gasteiger partial charge is 0.481 e. The normalized spacial score (nSPS) is 20.4. The van der Waals surface area contributed by atoms with Crippen LogP contribution >= 0.6 is 0 Å². The summed E-state index contributed by atoms with van der Waals surface area (Å²) < 4.78 is 5.41. The minimum Gasteiger partial charge on any atom is -0.481 e. The number of carboxylic acid groups (broad SMARTS) is 1. The Bertz CT molecular complexity index is 198. The van der Waals surface area contributed by atoms with Crippen LogP contribution < -0.4 is 5.73 Å². The van der Waals surface area contributed by atoms with Gasteiger partial charge in [0.15, 0.2) is 0 Å². The third kappa shape index (κ3) is 2.69. The van der Waals surface area contributed by atoms with Crippen molar-refractivity contribution in [3.8, 4) is 0 Å². The lowest BCUT2D eigenvalue weighted by atomic mass is 9.86.